The van der Waals surface area contributed by atoms with E-state index in [4.69, 9.17) is 10.2 Å². The first-order chi connectivity index (χ1) is 9.95. The lowest BCUT2D eigenvalue weighted by Gasteiger charge is -2.12. The van der Waals surface area contributed by atoms with Gasteiger partial charge in [0.25, 0.3) is 0 Å². The number of benzene rings is 1. The SMILES string of the molecule is CC(N)CCCC(C)C(=O)Nc1ccc2oc(=O)[nH]c2c1. The Morgan fingerprint density at radius 3 is 2.86 bits per heavy atom. The Bertz CT molecular complexity index is 672. The highest BCUT2D eigenvalue weighted by Crippen LogP contribution is 2.18. The van der Waals surface area contributed by atoms with Gasteiger partial charge in [0, 0.05) is 17.6 Å². The van der Waals surface area contributed by atoms with Crippen molar-refractivity contribution in [3.8, 4) is 0 Å². The van der Waals surface area contributed by atoms with Gasteiger partial charge in [-0.15, -0.1) is 0 Å². The molecule has 0 radical (unpaired) electrons. The Hall–Kier alpha value is -2.08. The number of nitrogens with one attached hydrogen (secondary N) is 2. The second-order valence-corrected chi connectivity index (χ2v) is 5.52. The van der Waals surface area contributed by atoms with Crippen molar-refractivity contribution < 1.29 is 9.21 Å². The molecule has 0 saturated heterocycles. The van der Waals surface area contributed by atoms with Gasteiger partial charge in [0.2, 0.25) is 5.91 Å². The fraction of sp³-hybridized carbons (Fsp3) is 0.467. The Balaban J connectivity index is 1.95. The first kappa shape index (κ1) is 15.3. The zero-order valence-corrected chi connectivity index (χ0v) is 12.3. The minimum absolute atomic E-state index is 0.0372. The van der Waals surface area contributed by atoms with Gasteiger partial charge in [-0.1, -0.05) is 13.3 Å². The number of carbonyl (C=O) groups excluding carboxylic acids is 1. The highest BCUT2D eigenvalue weighted by atomic mass is 16.4. The van der Waals surface area contributed by atoms with E-state index in [2.05, 4.69) is 10.3 Å². The molecule has 0 bridgehead atoms. The standard InChI is InChI=1S/C15H21N3O3/c1-9(4-3-5-10(2)16)14(19)17-11-6-7-13-12(8-11)18-15(20)21-13/h6-10H,3-5,16H2,1-2H3,(H,17,19)(H,18,20). The molecule has 0 fully saturated rings. The average molecular weight is 291 g/mol. The minimum atomic E-state index is -0.502. The molecule has 6 nitrogen and oxygen atoms in total. The van der Waals surface area contributed by atoms with Gasteiger partial charge < -0.3 is 15.5 Å². The van der Waals surface area contributed by atoms with Crippen molar-refractivity contribution in [2.45, 2.75) is 39.2 Å². The van der Waals surface area contributed by atoms with Crippen LogP contribution in [0.25, 0.3) is 11.1 Å². The molecule has 1 amide bonds. The Kier molecular flexibility index (Phi) is 4.80. The molecule has 0 spiro atoms. The molecule has 0 aliphatic carbocycles. The van der Waals surface area contributed by atoms with Crippen molar-refractivity contribution in [1.29, 1.82) is 0 Å². The van der Waals surface area contributed by atoms with Crippen LogP contribution in [-0.2, 0) is 4.79 Å². The van der Waals surface area contributed by atoms with E-state index in [1.807, 2.05) is 13.8 Å². The van der Waals surface area contributed by atoms with Crippen molar-refractivity contribution >= 4 is 22.7 Å². The van der Waals surface area contributed by atoms with Gasteiger partial charge in [0.05, 0.1) is 5.52 Å². The zero-order chi connectivity index (χ0) is 15.4. The summed E-state index contributed by atoms with van der Waals surface area (Å²) in [7, 11) is 0. The molecule has 0 aliphatic rings. The lowest BCUT2D eigenvalue weighted by atomic mass is 10.0. The normalized spacial score (nSPS) is 14.0. The maximum Gasteiger partial charge on any atom is 0.417 e. The fourth-order valence-corrected chi connectivity index (χ4v) is 2.17. The van der Waals surface area contributed by atoms with Crippen LogP contribution in [0.4, 0.5) is 5.69 Å². The lowest BCUT2D eigenvalue weighted by Crippen LogP contribution is -2.21. The second kappa shape index (κ2) is 6.58. The van der Waals surface area contributed by atoms with E-state index in [1.54, 1.807) is 18.2 Å². The molecule has 0 saturated carbocycles. The molecular weight excluding hydrogens is 270 g/mol. The Morgan fingerprint density at radius 2 is 2.14 bits per heavy atom. The number of oxazole rings is 1. The number of H-pyrrole nitrogens is 1. The van der Waals surface area contributed by atoms with Crippen molar-refractivity contribution in [3.05, 3.63) is 28.7 Å². The molecule has 6 heteroatoms. The molecule has 2 aromatic rings. The molecule has 2 rings (SSSR count). The van der Waals surface area contributed by atoms with Crippen LogP contribution in [0.15, 0.2) is 27.4 Å². The average Bonchev–Trinajstić information content (AvgIpc) is 2.77. The van der Waals surface area contributed by atoms with Crippen LogP contribution in [0.2, 0.25) is 0 Å². The maximum atomic E-state index is 12.1. The van der Waals surface area contributed by atoms with E-state index < -0.39 is 5.76 Å². The van der Waals surface area contributed by atoms with Crippen molar-refractivity contribution in [2.75, 3.05) is 5.32 Å². The summed E-state index contributed by atoms with van der Waals surface area (Å²) in [5.41, 5.74) is 7.38. The molecule has 0 aliphatic heterocycles. The number of aromatic nitrogens is 1. The summed E-state index contributed by atoms with van der Waals surface area (Å²) in [5.74, 6) is -0.620. The second-order valence-electron chi connectivity index (χ2n) is 5.52. The summed E-state index contributed by atoms with van der Waals surface area (Å²) in [4.78, 5) is 25.7. The molecule has 114 valence electrons. The van der Waals surface area contributed by atoms with E-state index in [0.29, 0.717) is 16.8 Å². The highest BCUT2D eigenvalue weighted by molar-refractivity contribution is 5.94. The van der Waals surface area contributed by atoms with Crippen molar-refractivity contribution in [2.24, 2.45) is 11.7 Å². The van der Waals surface area contributed by atoms with Crippen LogP contribution in [-0.4, -0.2) is 16.9 Å². The molecule has 1 aromatic heterocycles. The van der Waals surface area contributed by atoms with Gasteiger partial charge in [0.1, 0.15) is 0 Å². The number of nitrogens with two attached hydrogens (primary N) is 1. The number of rotatable bonds is 6. The van der Waals surface area contributed by atoms with E-state index in [9.17, 15) is 9.59 Å². The number of fused-ring (bicyclic) bond motifs is 1. The van der Waals surface area contributed by atoms with Gasteiger partial charge in [-0.3, -0.25) is 9.78 Å². The van der Waals surface area contributed by atoms with Crippen LogP contribution >= 0.6 is 0 Å². The van der Waals surface area contributed by atoms with Crippen molar-refractivity contribution in [3.63, 3.8) is 0 Å². The molecule has 4 N–H and O–H groups in total. The van der Waals surface area contributed by atoms with Crippen LogP contribution in [0.5, 0.6) is 0 Å². The van der Waals surface area contributed by atoms with Crippen molar-refractivity contribution in [1.82, 2.24) is 4.98 Å². The number of carbonyl (C=O) groups is 1. The summed E-state index contributed by atoms with van der Waals surface area (Å²) in [6, 6.07) is 5.22. The van der Waals surface area contributed by atoms with Gasteiger partial charge >= 0.3 is 5.76 Å². The number of hydrogen-bond donors (Lipinski definition) is 3. The topological polar surface area (TPSA) is 101 Å². The van der Waals surface area contributed by atoms with Crippen LogP contribution in [0.1, 0.15) is 33.1 Å². The molecular formula is C15H21N3O3. The molecule has 2 atom stereocenters. The van der Waals surface area contributed by atoms with Gasteiger partial charge in [-0.05, 0) is 38.0 Å². The first-order valence-corrected chi connectivity index (χ1v) is 7.15. The number of amides is 1. The van der Waals surface area contributed by atoms with Gasteiger partial charge in [0.15, 0.2) is 5.58 Å². The smallest absolute Gasteiger partial charge is 0.408 e. The van der Waals surface area contributed by atoms with E-state index in [-0.39, 0.29) is 17.9 Å². The van der Waals surface area contributed by atoms with E-state index >= 15 is 0 Å². The fourth-order valence-electron chi connectivity index (χ4n) is 2.17. The van der Waals surface area contributed by atoms with E-state index in [1.165, 1.54) is 0 Å². The summed E-state index contributed by atoms with van der Waals surface area (Å²) in [6.45, 7) is 3.86. The molecule has 2 unspecified atom stereocenters. The van der Waals surface area contributed by atoms with E-state index in [0.717, 1.165) is 19.3 Å². The summed E-state index contributed by atoms with van der Waals surface area (Å²) in [5, 5.41) is 2.85. The lowest BCUT2D eigenvalue weighted by molar-refractivity contribution is -0.119. The maximum absolute atomic E-state index is 12.1. The summed E-state index contributed by atoms with van der Waals surface area (Å²) < 4.78 is 4.92. The minimum Gasteiger partial charge on any atom is -0.408 e. The predicted octanol–water partition coefficient (Wildman–Crippen LogP) is 2.21. The number of hydrogen-bond acceptors (Lipinski definition) is 4. The van der Waals surface area contributed by atoms with Gasteiger partial charge in [-0.25, -0.2) is 4.79 Å². The van der Waals surface area contributed by atoms with Crippen LogP contribution < -0.4 is 16.8 Å². The molecule has 1 aromatic carbocycles. The Labute approximate surface area is 122 Å². The zero-order valence-electron chi connectivity index (χ0n) is 12.3. The predicted molar refractivity (Wildman–Crippen MR) is 82.1 cm³/mol. The number of aromatic amines is 1. The summed E-state index contributed by atoms with van der Waals surface area (Å²) in [6.07, 6.45) is 2.65. The largest absolute Gasteiger partial charge is 0.417 e. The third-order valence-corrected chi connectivity index (χ3v) is 3.43. The number of anilines is 1. The summed E-state index contributed by atoms with van der Waals surface area (Å²) >= 11 is 0. The van der Waals surface area contributed by atoms with Crippen LogP contribution in [0, 0.1) is 5.92 Å². The Morgan fingerprint density at radius 1 is 1.38 bits per heavy atom. The molecule has 21 heavy (non-hydrogen) atoms. The third-order valence-electron chi connectivity index (χ3n) is 3.43. The molecule has 1 heterocycles. The quantitative estimate of drug-likeness (QED) is 0.759. The third kappa shape index (κ3) is 4.19. The van der Waals surface area contributed by atoms with Crippen LogP contribution in [0.3, 0.4) is 0 Å². The highest BCUT2D eigenvalue weighted by Gasteiger charge is 2.13. The van der Waals surface area contributed by atoms with Gasteiger partial charge in [-0.2, -0.15) is 0 Å². The first-order valence-electron chi connectivity index (χ1n) is 7.15. The monoisotopic (exact) mass is 291 g/mol.